The molecule has 3 heterocycles. The molecule has 12 nitrogen and oxygen atoms in total. The largest absolute Gasteiger partial charge is 0.478 e. The van der Waals surface area contributed by atoms with Gasteiger partial charge in [0.15, 0.2) is 10.8 Å². The summed E-state index contributed by atoms with van der Waals surface area (Å²) in [5.74, 6) is -3.60. The van der Waals surface area contributed by atoms with Crippen molar-refractivity contribution >= 4 is 57.7 Å². The van der Waals surface area contributed by atoms with Gasteiger partial charge in [0.25, 0.3) is 11.8 Å². The average molecular weight is 455 g/mol. The number of aromatic nitrogens is 1. The number of β-lactam (4-membered cyclic amide) rings is 1. The summed E-state index contributed by atoms with van der Waals surface area (Å²) in [5.41, 5.74) is 3.42. The van der Waals surface area contributed by atoms with Crippen LogP contribution in [0, 0.1) is 0 Å². The van der Waals surface area contributed by atoms with Gasteiger partial charge in [0, 0.05) is 11.1 Å². The second-order valence-corrected chi connectivity index (χ2v) is 8.73. The van der Waals surface area contributed by atoms with E-state index in [0.717, 1.165) is 16.2 Å². The quantitative estimate of drug-likeness (QED) is 0.241. The summed E-state index contributed by atoms with van der Waals surface area (Å²) in [6.45, 7) is 2.49. The molecule has 5 N–H and O–H groups in total. The minimum atomic E-state index is -1.73. The van der Waals surface area contributed by atoms with E-state index in [9.17, 15) is 24.3 Å². The van der Waals surface area contributed by atoms with Gasteiger partial charge < -0.3 is 26.1 Å². The Balaban J connectivity index is 1.81. The lowest BCUT2D eigenvalue weighted by Gasteiger charge is -2.48. The number of hydrogen-bond acceptors (Lipinski definition) is 10. The first-order valence-corrected chi connectivity index (χ1v) is 10.4. The van der Waals surface area contributed by atoms with E-state index < -0.39 is 40.8 Å². The molecule has 30 heavy (non-hydrogen) atoms. The Hall–Kier alpha value is -3.13. The van der Waals surface area contributed by atoms with Crippen molar-refractivity contribution in [2.75, 3.05) is 11.5 Å². The number of carbonyl (C=O) groups is 4. The lowest BCUT2D eigenvalue weighted by Crippen LogP contribution is -2.70. The fourth-order valence-corrected chi connectivity index (χ4v) is 4.29. The molecule has 0 unspecified atom stereocenters. The van der Waals surface area contributed by atoms with Gasteiger partial charge in [-0.05, 0) is 19.9 Å². The summed E-state index contributed by atoms with van der Waals surface area (Å²) in [5, 5.41) is 25.5. The molecule has 14 heteroatoms. The van der Waals surface area contributed by atoms with Gasteiger partial charge in [0.2, 0.25) is 5.60 Å². The molecule has 160 valence electrons. The number of thiazole rings is 1. The Kier molecular flexibility index (Phi) is 5.72. The molecule has 2 aliphatic heterocycles. The number of thioether (sulfide) groups is 1. The predicted octanol–water partition coefficient (Wildman–Crippen LogP) is -0.322. The number of anilines is 1. The van der Waals surface area contributed by atoms with Crippen LogP contribution in [0.3, 0.4) is 0 Å². The highest BCUT2D eigenvalue weighted by Crippen LogP contribution is 2.37. The van der Waals surface area contributed by atoms with Crippen LogP contribution in [-0.4, -0.2) is 72.3 Å². The van der Waals surface area contributed by atoms with Crippen LogP contribution in [0.1, 0.15) is 19.5 Å². The van der Waals surface area contributed by atoms with Crippen LogP contribution in [0.2, 0.25) is 0 Å². The molecular weight excluding hydrogens is 438 g/mol. The van der Waals surface area contributed by atoms with Crippen LogP contribution >= 0.6 is 23.1 Å². The number of rotatable bonds is 7. The van der Waals surface area contributed by atoms with Gasteiger partial charge in [0.1, 0.15) is 22.8 Å². The third-order valence-corrected chi connectivity index (χ3v) is 6.07. The first-order chi connectivity index (χ1) is 14.0. The zero-order valence-corrected chi connectivity index (χ0v) is 17.3. The Morgan fingerprint density at radius 1 is 1.40 bits per heavy atom. The predicted molar refractivity (Wildman–Crippen MR) is 107 cm³/mol. The number of fused-ring (bicyclic) bond motifs is 1. The van der Waals surface area contributed by atoms with E-state index in [1.165, 1.54) is 37.1 Å². The van der Waals surface area contributed by atoms with E-state index in [1.54, 1.807) is 0 Å². The third kappa shape index (κ3) is 3.95. The van der Waals surface area contributed by atoms with Crippen LogP contribution in [0.5, 0.6) is 0 Å². The number of nitrogens with zero attached hydrogens (tertiary/aromatic N) is 3. The van der Waals surface area contributed by atoms with Crippen LogP contribution in [0.4, 0.5) is 5.13 Å². The highest BCUT2D eigenvalue weighted by Gasteiger charge is 2.53. The van der Waals surface area contributed by atoms with Crippen LogP contribution in [0.15, 0.2) is 22.3 Å². The van der Waals surface area contributed by atoms with Crippen molar-refractivity contribution in [2.45, 2.75) is 30.9 Å². The maximum absolute atomic E-state index is 12.8. The number of carbonyl (C=O) groups excluding carboxylic acids is 2. The molecule has 1 saturated heterocycles. The van der Waals surface area contributed by atoms with Crippen molar-refractivity contribution < 1.29 is 34.2 Å². The number of nitrogens with two attached hydrogens (primary N) is 1. The van der Waals surface area contributed by atoms with Crippen LogP contribution in [-0.2, 0) is 24.0 Å². The molecule has 0 saturated carbocycles. The Morgan fingerprint density at radius 2 is 2.10 bits per heavy atom. The van der Waals surface area contributed by atoms with E-state index >= 15 is 0 Å². The fourth-order valence-electron chi connectivity index (χ4n) is 2.55. The lowest BCUT2D eigenvalue weighted by molar-refractivity contribution is -0.161. The summed E-state index contributed by atoms with van der Waals surface area (Å²) in [7, 11) is 0. The molecule has 0 spiro atoms. The zero-order valence-electron chi connectivity index (χ0n) is 15.7. The Bertz CT molecular complexity index is 986. The summed E-state index contributed by atoms with van der Waals surface area (Å²) in [4.78, 5) is 57.8. The first kappa shape index (κ1) is 21.6. The fraction of sp³-hybridized carbons (Fsp3) is 0.375. The minimum Gasteiger partial charge on any atom is -0.478 e. The van der Waals surface area contributed by atoms with Crippen molar-refractivity contribution in [1.29, 1.82) is 0 Å². The molecule has 1 fully saturated rings. The summed E-state index contributed by atoms with van der Waals surface area (Å²) < 4.78 is 0. The van der Waals surface area contributed by atoms with E-state index in [2.05, 4.69) is 15.5 Å². The van der Waals surface area contributed by atoms with Gasteiger partial charge in [-0.3, -0.25) is 14.5 Å². The molecule has 3 rings (SSSR count). The second kappa shape index (κ2) is 7.95. The first-order valence-electron chi connectivity index (χ1n) is 8.43. The van der Waals surface area contributed by atoms with E-state index in [-0.39, 0.29) is 22.2 Å². The number of oxime groups is 1. The summed E-state index contributed by atoms with van der Waals surface area (Å²) in [6.07, 6.45) is 1.42. The number of amides is 2. The maximum Gasteiger partial charge on any atom is 0.352 e. The molecule has 0 radical (unpaired) electrons. The third-order valence-electron chi connectivity index (χ3n) is 4.21. The monoisotopic (exact) mass is 455 g/mol. The molecule has 0 aliphatic carbocycles. The molecule has 2 atom stereocenters. The Labute approximate surface area is 177 Å². The van der Waals surface area contributed by atoms with E-state index in [0.29, 0.717) is 5.75 Å². The van der Waals surface area contributed by atoms with E-state index in [4.69, 9.17) is 15.7 Å². The SMILES string of the molecule is CC(C)(O/N=C(\C(=O)N[C@@H]1C(=O)N2C(C(=O)O)=CCS[C@H]12)c1csc(N)n1)C(=O)O. The van der Waals surface area contributed by atoms with Crippen molar-refractivity contribution in [1.82, 2.24) is 15.2 Å². The van der Waals surface area contributed by atoms with Crippen molar-refractivity contribution in [3.8, 4) is 0 Å². The zero-order chi connectivity index (χ0) is 22.2. The lowest BCUT2D eigenvalue weighted by atomic mass is 10.0. The normalized spacial score (nSPS) is 21.3. The molecule has 1 aromatic rings. The molecule has 1 aromatic heterocycles. The van der Waals surface area contributed by atoms with Crippen molar-refractivity contribution in [3.63, 3.8) is 0 Å². The highest BCUT2D eigenvalue weighted by atomic mass is 32.2. The molecule has 2 aliphatic rings. The topological polar surface area (TPSA) is 185 Å². The number of hydrogen-bond donors (Lipinski definition) is 4. The van der Waals surface area contributed by atoms with Gasteiger partial charge in [-0.25, -0.2) is 14.6 Å². The smallest absolute Gasteiger partial charge is 0.352 e. The minimum absolute atomic E-state index is 0.0437. The molecule has 2 amide bonds. The number of aliphatic carboxylic acids is 2. The number of carboxylic acid groups (broad SMARTS) is 2. The maximum atomic E-state index is 12.8. The standard InChI is InChI=1S/C16H17N5O7S2/c1-16(2,14(26)27)28-20-8(6-5-30-15(17)18-6)10(22)19-9-11(23)21-7(13(24)25)3-4-29-12(9)21/h3,5,9,12H,4H2,1-2H3,(H2,17,18)(H,19,22)(H,24,25)(H,26,27)/b20-8-/t9-,12-/m1/s1. The Morgan fingerprint density at radius 3 is 2.67 bits per heavy atom. The summed E-state index contributed by atoms with van der Waals surface area (Å²) in [6, 6.07) is -0.987. The van der Waals surface area contributed by atoms with E-state index in [1.807, 2.05) is 0 Å². The van der Waals surface area contributed by atoms with Crippen LogP contribution in [0.25, 0.3) is 0 Å². The van der Waals surface area contributed by atoms with Gasteiger partial charge >= 0.3 is 11.9 Å². The molecule has 0 aromatic carbocycles. The molecular formula is C16H17N5O7S2. The van der Waals surface area contributed by atoms with Gasteiger partial charge in [-0.15, -0.1) is 23.1 Å². The van der Waals surface area contributed by atoms with Crippen LogP contribution < -0.4 is 11.1 Å². The van der Waals surface area contributed by atoms with Crippen molar-refractivity contribution in [2.24, 2.45) is 5.16 Å². The number of nitrogens with one attached hydrogen (secondary N) is 1. The average Bonchev–Trinajstić information content (AvgIpc) is 3.11. The summed E-state index contributed by atoms with van der Waals surface area (Å²) >= 11 is 2.32. The van der Waals surface area contributed by atoms with Gasteiger partial charge in [-0.2, -0.15) is 0 Å². The number of nitrogen functional groups attached to an aromatic ring is 1. The number of carboxylic acids is 2. The van der Waals surface area contributed by atoms with Gasteiger partial charge in [-0.1, -0.05) is 5.16 Å². The second-order valence-electron chi connectivity index (χ2n) is 6.70. The molecule has 0 bridgehead atoms. The van der Waals surface area contributed by atoms with Crippen molar-refractivity contribution in [3.05, 3.63) is 22.8 Å². The highest BCUT2D eigenvalue weighted by molar-refractivity contribution is 8.00. The van der Waals surface area contributed by atoms with Gasteiger partial charge in [0.05, 0.1) is 0 Å².